The summed E-state index contributed by atoms with van der Waals surface area (Å²) in [5, 5.41) is 12.8. The molecule has 0 saturated carbocycles. The number of nitro groups is 1. The van der Waals surface area contributed by atoms with Crippen LogP contribution in [0.15, 0.2) is 48.7 Å². The Balaban J connectivity index is 1.99. The van der Waals surface area contributed by atoms with Crippen LogP contribution in [0.4, 0.5) is 5.69 Å². The van der Waals surface area contributed by atoms with Crippen LogP contribution in [0.3, 0.4) is 0 Å². The molecule has 0 unspecified atom stereocenters. The third-order valence-corrected chi connectivity index (χ3v) is 4.03. The SMILES string of the molecule is O=[N+]([O-])c1ccc(Cn2ccc3c(Cl)cccc32)c(Cl)c1. The number of rotatable bonds is 3. The molecule has 0 fully saturated rings. The molecule has 2 aromatic carbocycles. The zero-order valence-corrected chi connectivity index (χ0v) is 12.3. The lowest BCUT2D eigenvalue weighted by Gasteiger charge is -2.08. The van der Waals surface area contributed by atoms with Crippen LogP contribution in [0.2, 0.25) is 10.0 Å². The van der Waals surface area contributed by atoms with E-state index in [4.69, 9.17) is 23.2 Å². The Labute approximate surface area is 130 Å². The number of non-ortho nitro benzene ring substituents is 1. The molecule has 0 saturated heterocycles. The van der Waals surface area contributed by atoms with Gasteiger partial charge in [-0.15, -0.1) is 0 Å². The van der Waals surface area contributed by atoms with E-state index in [-0.39, 0.29) is 5.69 Å². The lowest BCUT2D eigenvalue weighted by molar-refractivity contribution is -0.384. The minimum Gasteiger partial charge on any atom is -0.343 e. The van der Waals surface area contributed by atoms with Gasteiger partial charge in [-0.25, -0.2) is 0 Å². The van der Waals surface area contributed by atoms with E-state index < -0.39 is 4.92 Å². The Morgan fingerprint density at radius 3 is 2.62 bits per heavy atom. The fourth-order valence-electron chi connectivity index (χ4n) is 2.29. The standard InChI is InChI=1S/C15H10Cl2N2O2/c16-13-2-1-3-15-12(13)6-7-18(15)9-10-4-5-11(19(20)21)8-14(10)17/h1-8H,9H2. The molecule has 21 heavy (non-hydrogen) atoms. The first-order chi connectivity index (χ1) is 10.1. The van der Waals surface area contributed by atoms with Crippen LogP contribution in [0.1, 0.15) is 5.56 Å². The molecule has 0 spiro atoms. The van der Waals surface area contributed by atoms with E-state index in [1.54, 1.807) is 6.07 Å². The van der Waals surface area contributed by atoms with Gasteiger partial charge in [-0.1, -0.05) is 29.3 Å². The minimum absolute atomic E-state index is 0.0100. The number of hydrogen-bond donors (Lipinski definition) is 0. The maximum atomic E-state index is 10.7. The van der Waals surface area contributed by atoms with E-state index in [1.807, 2.05) is 35.0 Å². The van der Waals surface area contributed by atoms with Crippen molar-refractivity contribution < 1.29 is 4.92 Å². The van der Waals surface area contributed by atoms with Crippen LogP contribution in [0.25, 0.3) is 10.9 Å². The number of aromatic nitrogens is 1. The van der Waals surface area contributed by atoms with Crippen molar-refractivity contribution in [3.8, 4) is 0 Å². The highest BCUT2D eigenvalue weighted by atomic mass is 35.5. The molecule has 0 aliphatic heterocycles. The maximum Gasteiger partial charge on any atom is 0.270 e. The van der Waals surface area contributed by atoms with Gasteiger partial charge in [-0.2, -0.15) is 0 Å². The van der Waals surface area contributed by atoms with E-state index in [0.29, 0.717) is 16.6 Å². The highest BCUT2D eigenvalue weighted by Gasteiger charge is 2.11. The molecule has 0 atom stereocenters. The fraction of sp³-hybridized carbons (Fsp3) is 0.0667. The third kappa shape index (κ3) is 2.60. The van der Waals surface area contributed by atoms with E-state index in [2.05, 4.69) is 0 Å². The topological polar surface area (TPSA) is 48.1 Å². The van der Waals surface area contributed by atoms with E-state index >= 15 is 0 Å². The maximum absolute atomic E-state index is 10.7. The Kier molecular flexibility index (Phi) is 3.57. The van der Waals surface area contributed by atoms with Crippen LogP contribution in [-0.2, 0) is 6.54 Å². The molecule has 1 heterocycles. The predicted octanol–water partition coefficient (Wildman–Crippen LogP) is 4.90. The first kappa shape index (κ1) is 13.9. The second-order valence-corrected chi connectivity index (χ2v) is 5.46. The summed E-state index contributed by atoms with van der Waals surface area (Å²) in [6.45, 7) is 0.528. The lowest BCUT2D eigenvalue weighted by Crippen LogP contribution is -1.99. The molecule has 0 bridgehead atoms. The summed E-state index contributed by atoms with van der Waals surface area (Å²) in [6.07, 6.45) is 1.92. The van der Waals surface area contributed by atoms with Crippen molar-refractivity contribution >= 4 is 39.8 Å². The van der Waals surface area contributed by atoms with Crippen molar-refractivity contribution in [3.05, 3.63) is 74.4 Å². The van der Waals surface area contributed by atoms with Crippen molar-refractivity contribution in [2.24, 2.45) is 0 Å². The molecule has 0 aliphatic carbocycles. The molecule has 0 amide bonds. The van der Waals surface area contributed by atoms with Gasteiger partial charge in [-0.05, 0) is 29.8 Å². The van der Waals surface area contributed by atoms with Gasteiger partial charge >= 0.3 is 0 Å². The summed E-state index contributed by atoms with van der Waals surface area (Å²) in [5.41, 5.74) is 1.81. The van der Waals surface area contributed by atoms with Gasteiger partial charge in [0.05, 0.1) is 9.95 Å². The molecule has 0 aliphatic rings. The average Bonchev–Trinajstić information content (AvgIpc) is 2.85. The lowest BCUT2D eigenvalue weighted by atomic mass is 10.2. The average molecular weight is 321 g/mol. The van der Waals surface area contributed by atoms with E-state index in [9.17, 15) is 10.1 Å². The van der Waals surface area contributed by atoms with Crippen LogP contribution in [-0.4, -0.2) is 9.49 Å². The highest BCUT2D eigenvalue weighted by molar-refractivity contribution is 6.35. The van der Waals surface area contributed by atoms with Crippen molar-refractivity contribution in [2.75, 3.05) is 0 Å². The van der Waals surface area contributed by atoms with Crippen molar-refractivity contribution in [2.45, 2.75) is 6.54 Å². The summed E-state index contributed by atoms with van der Waals surface area (Å²) in [4.78, 5) is 10.3. The highest BCUT2D eigenvalue weighted by Crippen LogP contribution is 2.27. The number of benzene rings is 2. The summed E-state index contributed by atoms with van der Waals surface area (Å²) >= 11 is 12.3. The molecule has 3 rings (SSSR count). The molecule has 106 valence electrons. The molecule has 0 N–H and O–H groups in total. The van der Waals surface area contributed by atoms with Gasteiger partial charge in [0.1, 0.15) is 0 Å². The number of nitrogens with zero attached hydrogens (tertiary/aromatic N) is 2. The van der Waals surface area contributed by atoms with Gasteiger partial charge in [0, 0.05) is 40.8 Å². The third-order valence-electron chi connectivity index (χ3n) is 3.35. The zero-order chi connectivity index (χ0) is 15.0. The Bertz CT molecular complexity index is 843. The molecule has 0 radical (unpaired) electrons. The summed E-state index contributed by atoms with van der Waals surface area (Å²) in [5.74, 6) is 0. The number of nitro benzene ring substituents is 1. The molecule has 3 aromatic rings. The van der Waals surface area contributed by atoms with Crippen LogP contribution in [0.5, 0.6) is 0 Å². The van der Waals surface area contributed by atoms with E-state index in [1.165, 1.54) is 12.1 Å². The van der Waals surface area contributed by atoms with Gasteiger partial charge in [0.15, 0.2) is 0 Å². The molecule has 6 heteroatoms. The quantitative estimate of drug-likeness (QED) is 0.508. The largest absolute Gasteiger partial charge is 0.343 e. The van der Waals surface area contributed by atoms with Crippen molar-refractivity contribution in [3.63, 3.8) is 0 Å². The van der Waals surface area contributed by atoms with Crippen molar-refractivity contribution in [1.82, 2.24) is 4.57 Å². The smallest absolute Gasteiger partial charge is 0.270 e. The first-order valence-electron chi connectivity index (χ1n) is 6.22. The van der Waals surface area contributed by atoms with Gasteiger partial charge in [0.2, 0.25) is 0 Å². The predicted molar refractivity (Wildman–Crippen MR) is 84.2 cm³/mol. The Morgan fingerprint density at radius 2 is 1.90 bits per heavy atom. The first-order valence-corrected chi connectivity index (χ1v) is 6.98. The molecule has 1 aromatic heterocycles. The van der Waals surface area contributed by atoms with Crippen molar-refractivity contribution in [1.29, 1.82) is 0 Å². The normalized spacial score (nSPS) is 11.0. The van der Waals surface area contributed by atoms with Crippen LogP contribution < -0.4 is 0 Å². The number of halogens is 2. The van der Waals surface area contributed by atoms with Crippen LogP contribution >= 0.6 is 23.2 Å². The number of hydrogen-bond acceptors (Lipinski definition) is 2. The van der Waals surface area contributed by atoms with Gasteiger partial charge in [-0.3, -0.25) is 10.1 Å². The minimum atomic E-state index is -0.458. The molecular weight excluding hydrogens is 311 g/mol. The summed E-state index contributed by atoms with van der Waals surface area (Å²) < 4.78 is 2.01. The Hall–Kier alpha value is -2.04. The fourth-order valence-corrected chi connectivity index (χ4v) is 2.75. The number of fused-ring (bicyclic) bond motifs is 1. The molecular formula is C15H10Cl2N2O2. The zero-order valence-electron chi connectivity index (χ0n) is 10.8. The molecule has 4 nitrogen and oxygen atoms in total. The second kappa shape index (κ2) is 5.39. The van der Waals surface area contributed by atoms with E-state index in [0.717, 1.165) is 16.5 Å². The summed E-state index contributed by atoms with van der Waals surface area (Å²) in [7, 11) is 0. The van der Waals surface area contributed by atoms with Gasteiger partial charge < -0.3 is 4.57 Å². The van der Waals surface area contributed by atoms with Gasteiger partial charge in [0.25, 0.3) is 5.69 Å². The monoisotopic (exact) mass is 320 g/mol. The van der Waals surface area contributed by atoms with Crippen LogP contribution in [0, 0.1) is 10.1 Å². The second-order valence-electron chi connectivity index (χ2n) is 4.65. The summed E-state index contributed by atoms with van der Waals surface area (Å²) in [6, 6.07) is 12.1. The Morgan fingerprint density at radius 1 is 1.10 bits per heavy atom.